The average molecular weight is 263 g/mol. The quantitative estimate of drug-likeness (QED) is 0.428. The summed E-state index contributed by atoms with van der Waals surface area (Å²) in [5.74, 6) is 4.66. The maximum atomic E-state index is 11.3. The molecule has 0 bridgehead atoms. The lowest BCUT2D eigenvalue weighted by molar-refractivity contribution is -0.129. The number of hydrazine groups is 1. The molecule has 6 heteroatoms. The summed E-state index contributed by atoms with van der Waals surface area (Å²) in [5, 5.41) is 9.25. The maximum Gasteiger partial charge on any atom is 0.407 e. The standard InChI is InChI=1S/C13H17N3O3/c14-15-12(17)10-6-11(7-10)16(13(18)19)8-9-4-2-1-3-5-9/h1-5,10-11H,6-8,14H2,(H,15,17)(H,18,19)/t10-,11-. The van der Waals surface area contributed by atoms with Crippen LogP contribution in [0.15, 0.2) is 30.3 Å². The smallest absolute Gasteiger partial charge is 0.407 e. The van der Waals surface area contributed by atoms with Crippen LogP contribution in [0.25, 0.3) is 0 Å². The lowest BCUT2D eigenvalue weighted by atomic mass is 9.78. The molecule has 0 spiro atoms. The van der Waals surface area contributed by atoms with Crippen LogP contribution in [0, 0.1) is 5.92 Å². The molecule has 0 radical (unpaired) electrons. The third-order valence-electron chi connectivity index (χ3n) is 3.51. The summed E-state index contributed by atoms with van der Waals surface area (Å²) in [6, 6.07) is 9.30. The van der Waals surface area contributed by atoms with E-state index in [1.54, 1.807) is 0 Å². The van der Waals surface area contributed by atoms with Crippen LogP contribution in [0.5, 0.6) is 0 Å². The summed E-state index contributed by atoms with van der Waals surface area (Å²) >= 11 is 0. The summed E-state index contributed by atoms with van der Waals surface area (Å²) in [4.78, 5) is 24.0. The van der Waals surface area contributed by atoms with Gasteiger partial charge in [0, 0.05) is 18.5 Å². The number of hydrogen-bond donors (Lipinski definition) is 3. The van der Waals surface area contributed by atoms with E-state index in [1.165, 1.54) is 4.90 Å². The van der Waals surface area contributed by atoms with E-state index >= 15 is 0 Å². The second-order valence-corrected chi connectivity index (χ2v) is 4.73. The molecule has 2 rings (SSSR count). The lowest BCUT2D eigenvalue weighted by Crippen LogP contribution is -2.52. The highest BCUT2D eigenvalue weighted by molar-refractivity contribution is 5.79. The van der Waals surface area contributed by atoms with E-state index in [-0.39, 0.29) is 17.9 Å². The van der Waals surface area contributed by atoms with E-state index in [0.29, 0.717) is 19.4 Å². The first-order valence-electron chi connectivity index (χ1n) is 6.15. The highest BCUT2D eigenvalue weighted by Crippen LogP contribution is 2.32. The van der Waals surface area contributed by atoms with Crippen molar-refractivity contribution in [1.82, 2.24) is 10.3 Å². The Hall–Kier alpha value is -2.08. The van der Waals surface area contributed by atoms with Crippen LogP contribution in [0.3, 0.4) is 0 Å². The van der Waals surface area contributed by atoms with Crippen molar-refractivity contribution < 1.29 is 14.7 Å². The molecule has 0 atom stereocenters. The van der Waals surface area contributed by atoms with E-state index in [0.717, 1.165) is 5.56 Å². The van der Waals surface area contributed by atoms with Gasteiger partial charge < -0.3 is 10.0 Å². The minimum absolute atomic E-state index is 0.111. The monoisotopic (exact) mass is 263 g/mol. The molecular weight excluding hydrogens is 246 g/mol. The van der Waals surface area contributed by atoms with Crippen molar-refractivity contribution in [2.24, 2.45) is 11.8 Å². The van der Waals surface area contributed by atoms with E-state index < -0.39 is 6.09 Å². The number of amides is 2. The molecule has 0 unspecified atom stereocenters. The fraction of sp³-hybridized carbons (Fsp3) is 0.385. The summed E-state index contributed by atoms with van der Waals surface area (Å²) in [6.45, 7) is 0.345. The normalized spacial score (nSPS) is 21.3. The number of carbonyl (C=O) groups excluding carboxylic acids is 1. The maximum absolute atomic E-state index is 11.3. The number of hydrogen-bond acceptors (Lipinski definition) is 3. The highest BCUT2D eigenvalue weighted by atomic mass is 16.4. The van der Waals surface area contributed by atoms with Gasteiger partial charge in [0.15, 0.2) is 0 Å². The van der Waals surface area contributed by atoms with Crippen LogP contribution in [-0.2, 0) is 11.3 Å². The molecule has 6 nitrogen and oxygen atoms in total. The van der Waals surface area contributed by atoms with Crippen molar-refractivity contribution in [2.75, 3.05) is 0 Å². The van der Waals surface area contributed by atoms with E-state index in [9.17, 15) is 14.7 Å². The number of nitrogens with two attached hydrogens (primary N) is 1. The Balaban J connectivity index is 1.96. The van der Waals surface area contributed by atoms with Gasteiger partial charge in [-0.3, -0.25) is 10.2 Å². The molecule has 0 saturated heterocycles. The van der Waals surface area contributed by atoms with Gasteiger partial charge in [0.05, 0.1) is 0 Å². The Bertz CT molecular complexity index is 457. The second kappa shape index (κ2) is 5.71. The summed E-state index contributed by atoms with van der Waals surface area (Å²) < 4.78 is 0. The predicted octanol–water partition coefficient (Wildman–Crippen LogP) is 0.935. The number of benzene rings is 1. The number of carboxylic acid groups (broad SMARTS) is 1. The molecule has 1 aromatic carbocycles. The predicted molar refractivity (Wildman–Crippen MR) is 68.9 cm³/mol. The number of nitrogens with zero attached hydrogens (tertiary/aromatic N) is 1. The average Bonchev–Trinajstić information content (AvgIpc) is 2.36. The first-order valence-corrected chi connectivity index (χ1v) is 6.15. The molecule has 102 valence electrons. The number of rotatable bonds is 4. The van der Waals surface area contributed by atoms with Gasteiger partial charge in [-0.2, -0.15) is 0 Å². The topological polar surface area (TPSA) is 95.7 Å². The van der Waals surface area contributed by atoms with Gasteiger partial charge in [0.1, 0.15) is 0 Å². The zero-order chi connectivity index (χ0) is 13.8. The molecule has 0 heterocycles. The molecule has 1 aliphatic carbocycles. The minimum atomic E-state index is -0.958. The Labute approximate surface area is 111 Å². The lowest BCUT2D eigenvalue weighted by Gasteiger charge is -2.40. The Morgan fingerprint density at radius 1 is 1.32 bits per heavy atom. The summed E-state index contributed by atoms with van der Waals surface area (Å²) in [7, 11) is 0. The van der Waals surface area contributed by atoms with Gasteiger partial charge >= 0.3 is 6.09 Å². The molecule has 0 aromatic heterocycles. The zero-order valence-corrected chi connectivity index (χ0v) is 10.5. The third-order valence-corrected chi connectivity index (χ3v) is 3.51. The van der Waals surface area contributed by atoms with Gasteiger partial charge in [-0.1, -0.05) is 30.3 Å². The van der Waals surface area contributed by atoms with Crippen LogP contribution < -0.4 is 11.3 Å². The largest absolute Gasteiger partial charge is 0.465 e. The third kappa shape index (κ3) is 3.03. The summed E-state index contributed by atoms with van der Waals surface area (Å²) in [6.07, 6.45) is 0.102. The van der Waals surface area contributed by atoms with Crippen LogP contribution >= 0.6 is 0 Å². The molecule has 1 aromatic rings. The molecule has 1 saturated carbocycles. The molecule has 4 N–H and O–H groups in total. The SMILES string of the molecule is NNC(=O)[C@H]1C[C@H](N(Cc2ccccc2)C(=O)O)C1. The van der Waals surface area contributed by atoms with Gasteiger partial charge in [-0.15, -0.1) is 0 Å². The number of carbonyl (C=O) groups is 2. The first-order chi connectivity index (χ1) is 9.11. The van der Waals surface area contributed by atoms with Crippen molar-refractivity contribution in [3.05, 3.63) is 35.9 Å². The van der Waals surface area contributed by atoms with Crippen LogP contribution in [0.1, 0.15) is 18.4 Å². The highest BCUT2D eigenvalue weighted by Gasteiger charge is 2.39. The molecule has 2 amide bonds. The van der Waals surface area contributed by atoms with E-state index in [4.69, 9.17) is 5.84 Å². The fourth-order valence-corrected chi connectivity index (χ4v) is 2.31. The van der Waals surface area contributed by atoms with Crippen LogP contribution in [0.2, 0.25) is 0 Å². The molecule has 19 heavy (non-hydrogen) atoms. The van der Waals surface area contributed by atoms with E-state index in [2.05, 4.69) is 5.43 Å². The minimum Gasteiger partial charge on any atom is -0.465 e. The Morgan fingerprint density at radius 2 is 1.95 bits per heavy atom. The summed E-state index contributed by atoms with van der Waals surface area (Å²) in [5.41, 5.74) is 3.04. The Kier molecular flexibility index (Phi) is 4.01. The van der Waals surface area contributed by atoms with Gasteiger partial charge in [0.2, 0.25) is 5.91 Å². The van der Waals surface area contributed by atoms with Gasteiger partial charge in [0.25, 0.3) is 0 Å². The van der Waals surface area contributed by atoms with Crippen molar-refractivity contribution in [1.29, 1.82) is 0 Å². The molecule has 1 aliphatic rings. The van der Waals surface area contributed by atoms with Crippen LogP contribution in [-0.4, -0.2) is 28.0 Å². The van der Waals surface area contributed by atoms with Gasteiger partial charge in [-0.25, -0.2) is 10.6 Å². The molecule has 1 fully saturated rings. The Morgan fingerprint density at radius 3 is 2.47 bits per heavy atom. The van der Waals surface area contributed by atoms with Crippen LogP contribution in [0.4, 0.5) is 4.79 Å². The number of nitrogens with one attached hydrogen (secondary N) is 1. The molecular formula is C13H17N3O3. The fourth-order valence-electron chi connectivity index (χ4n) is 2.31. The zero-order valence-electron chi connectivity index (χ0n) is 10.5. The second-order valence-electron chi connectivity index (χ2n) is 4.73. The van der Waals surface area contributed by atoms with Gasteiger partial charge in [-0.05, 0) is 18.4 Å². The van der Waals surface area contributed by atoms with E-state index in [1.807, 2.05) is 30.3 Å². The molecule has 0 aliphatic heterocycles. The van der Waals surface area contributed by atoms with Crippen molar-refractivity contribution in [3.8, 4) is 0 Å². The first kappa shape index (κ1) is 13.4. The van der Waals surface area contributed by atoms with Crippen molar-refractivity contribution in [2.45, 2.75) is 25.4 Å². The van der Waals surface area contributed by atoms with Crippen molar-refractivity contribution >= 4 is 12.0 Å². The van der Waals surface area contributed by atoms with Crippen molar-refractivity contribution in [3.63, 3.8) is 0 Å².